The van der Waals surface area contributed by atoms with E-state index in [1.54, 1.807) is 6.92 Å². The van der Waals surface area contributed by atoms with Gasteiger partial charge >= 0.3 is 13.7 Å². The van der Waals surface area contributed by atoms with Crippen molar-refractivity contribution in [2.24, 2.45) is 5.92 Å². The molecule has 1 atom stereocenters. The molecule has 1 unspecified atom stereocenters. The summed E-state index contributed by atoms with van der Waals surface area (Å²) >= 11 is 0. The van der Waals surface area contributed by atoms with Gasteiger partial charge in [0.1, 0.15) is 6.16 Å². The first-order valence-corrected chi connectivity index (χ1v) is 8.43. The van der Waals surface area contributed by atoms with Crippen molar-refractivity contribution in [3.63, 3.8) is 0 Å². The molecule has 0 aliphatic heterocycles. The number of hydrogen-bond donors (Lipinski definition) is 4. The normalized spacial score (nSPS) is 12.9. The first kappa shape index (κ1) is 16.8. The smallest absolute Gasteiger partial charge is 0.314 e. The van der Waals surface area contributed by atoms with Gasteiger partial charge in [-0.25, -0.2) is 9.79 Å². The lowest BCUT2D eigenvalue weighted by atomic mass is 10.0. The fourth-order valence-corrected chi connectivity index (χ4v) is 3.63. The minimum Gasteiger partial charge on any atom is -0.481 e. The highest BCUT2D eigenvalue weighted by atomic mass is 31.2. The molecular weight excluding hydrogens is 277 g/mol. The number of carboxylic acid groups (broad SMARTS) is 1. The summed E-state index contributed by atoms with van der Waals surface area (Å²) in [6.07, 6.45) is 0.879. The fraction of sp³-hybridized carbons (Fsp3) is 0.429. The van der Waals surface area contributed by atoms with Crippen LogP contribution in [0.5, 0.6) is 0 Å². The standard InChI is InChI=1S/C14H20NO4P/c1-2-13(15)20(18,19)10-12(14(16)17)9-8-11-6-4-3-5-7-11/h3-7,12,15,18-19H,2,8-10H2,1H3/p+1. The van der Waals surface area contributed by atoms with Gasteiger partial charge in [-0.3, -0.25) is 10.2 Å². The number of carbonyl (C=O) groups is 1. The number of aliphatic carboxylic acids is 1. The maximum Gasteiger partial charge on any atom is 0.314 e. The number of aryl methyl sites for hydroxylation is 1. The van der Waals surface area contributed by atoms with Crippen LogP contribution in [0.3, 0.4) is 0 Å². The topological polar surface area (TPSA) is 102 Å². The van der Waals surface area contributed by atoms with Gasteiger partial charge in [0.2, 0.25) is 5.45 Å². The molecule has 0 saturated heterocycles. The molecule has 1 rings (SSSR count). The van der Waals surface area contributed by atoms with Gasteiger partial charge < -0.3 is 5.11 Å². The van der Waals surface area contributed by atoms with Crippen LogP contribution in [0.4, 0.5) is 0 Å². The molecule has 0 amide bonds. The molecule has 0 radical (unpaired) electrons. The molecule has 1 aromatic rings. The van der Waals surface area contributed by atoms with Crippen LogP contribution >= 0.6 is 7.72 Å². The average Bonchev–Trinajstić information content (AvgIpc) is 2.43. The fourth-order valence-electron chi connectivity index (χ4n) is 1.95. The van der Waals surface area contributed by atoms with E-state index in [0.717, 1.165) is 5.56 Å². The second-order valence-corrected chi connectivity index (χ2v) is 7.14. The molecule has 0 aromatic heterocycles. The average molecular weight is 298 g/mol. The van der Waals surface area contributed by atoms with E-state index in [-0.39, 0.29) is 18.0 Å². The highest BCUT2D eigenvalue weighted by Crippen LogP contribution is 2.53. The summed E-state index contributed by atoms with van der Waals surface area (Å²) in [6, 6.07) is 9.47. The second-order valence-electron chi connectivity index (χ2n) is 4.77. The number of nitrogens with one attached hydrogen (secondary N) is 1. The summed E-state index contributed by atoms with van der Waals surface area (Å²) in [6.45, 7) is 1.66. The molecule has 110 valence electrons. The van der Waals surface area contributed by atoms with Crippen LogP contribution in [0.2, 0.25) is 0 Å². The van der Waals surface area contributed by atoms with Crippen molar-refractivity contribution in [3.05, 3.63) is 35.9 Å². The zero-order valence-corrected chi connectivity index (χ0v) is 12.4. The lowest BCUT2D eigenvalue weighted by Gasteiger charge is -2.17. The van der Waals surface area contributed by atoms with E-state index in [9.17, 15) is 19.7 Å². The largest absolute Gasteiger partial charge is 0.481 e. The van der Waals surface area contributed by atoms with E-state index in [1.807, 2.05) is 30.3 Å². The number of carboxylic acids is 1. The van der Waals surface area contributed by atoms with E-state index in [4.69, 9.17) is 5.41 Å². The third-order valence-electron chi connectivity index (χ3n) is 3.22. The van der Waals surface area contributed by atoms with Crippen LogP contribution in [0.25, 0.3) is 0 Å². The molecule has 4 N–H and O–H groups in total. The van der Waals surface area contributed by atoms with Crippen LogP contribution in [0, 0.1) is 11.3 Å². The van der Waals surface area contributed by atoms with Gasteiger partial charge in [-0.1, -0.05) is 37.3 Å². The Morgan fingerprint density at radius 2 is 1.90 bits per heavy atom. The summed E-state index contributed by atoms with van der Waals surface area (Å²) in [5.41, 5.74) is 0.868. The van der Waals surface area contributed by atoms with Crippen LogP contribution < -0.4 is 0 Å². The molecule has 0 aliphatic rings. The summed E-state index contributed by atoms with van der Waals surface area (Å²) in [4.78, 5) is 31.0. The van der Waals surface area contributed by atoms with Crippen LogP contribution in [0.1, 0.15) is 25.3 Å². The van der Waals surface area contributed by atoms with Crippen molar-refractivity contribution in [1.29, 1.82) is 5.41 Å². The van der Waals surface area contributed by atoms with Gasteiger partial charge in [-0.05, 0) is 18.4 Å². The van der Waals surface area contributed by atoms with Crippen molar-refractivity contribution < 1.29 is 19.7 Å². The van der Waals surface area contributed by atoms with Crippen LogP contribution in [-0.4, -0.2) is 32.5 Å². The third kappa shape index (κ3) is 5.00. The molecule has 1 aromatic carbocycles. The van der Waals surface area contributed by atoms with Gasteiger partial charge in [0.15, 0.2) is 0 Å². The Labute approximate surface area is 119 Å². The molecule has 0 heterocycles. The zero-order valence-electron chi connectivity index (χ0n) is 11.5. The summed E-state index contributed by atoms with van der Waals surface area (Å²) in [5, 5.41) is 16.7. The van der Waals surface area contributed by atoms with Gasteiger partial charge in [0.25, 0.3) is 0 Å². The Balaban J connectivity index is 2.66. The minimum atomic E-state index is -3.56. The highest BCUT2D eigenvalue weighted by molar-refractivity contribution is 7.81. The Kier molecular flexibility index (Phi) is 6.27. The number of rotatable bonds is 8. The van der Waals surface area contributed by atoms with E-state index in [2.05, 4.69) is 0 Å². The van der Waals surface area contributed by atoms with Crippen molar-refractivity contribution in [3.8, 4) is 0 Å². The van der Waals surface area contributed by atoms with E-state index in [1.165, 1.54) is 0 Å². The molecule has 0 spiro atoms. The number of hydrogen-bond acceptors (Lipinski definition) is 4. The summed E-state index contributed by atoms with van der Waals surface area (Å²) in [7, 11) is -3.56. The molecule has 0 fully saturated rings. The summed E-state index contributed by atoms with van der Waals surface area (Å²) in [5.74, 6) is -1.89. The zero-order chi connectivity index (χ0) is 15.2. The highest BCUT2D eigenvalue weighted by Gasteiger charge is 2.43. The molecule has 0 bridgehead atoms. The molecular formula is C14H21NO4P+. The Morgan fingerprint density at radius 3 is 2.40 bits per heavy atom. The minimum absolute atomic E-state index is 0.150. The van der Waals surface area contributed by atoms with E-state index >= 15 is 0 Å². The molecule has 5 nitrogen and oxygen atoms in total. The predicted molar refractivity (Wildman–Crippen MR) is 80.1 cm³/mol. The maximum atomic E-state index is 11.2. The van der Waals surface area contributed by atoms with Gasteiger partial charge in [-0.2, -0.15) is 0 Å². The van der Waals surface area contributed by atoms with E-state index in [0.29, 0.717) is 12.8 Å². The quantitative estimate of drug-likeness (QED) is 0.437. The second kappa shape index (κ2) is 7.48. The molecule has 20 heavy (non-hydrogen) atoms. The third-order valence-corrected chi connectivity index (χ3v) is 5.35. The SMILES string of the molecule is CCC(=N)[P+](O)(O)CC(CCc1ccccc1)C(=O)O. The lowest BCUT2D eigenvalue weighted by Crippen LogP contribution is -2.23. The Hall–Kier alpha value is -1.29. The monoisotopic (exact) mass is 298 g/mol. The van der Waals surface area contributed by atoms with Crippen molar-refractivity contribution in [1.82, 2.24) is 0 Å². The summed E-state index contributed by atoms with van der Waals surface area (Å²) < 4.78 is 0. The van der Waals surface area contributed by atoms with E-state index < -0.39 is 19.6 Å². The first-order chi connectivity index (χ1) is 9.36. The molecule has 0 aliphatic carbocycles. The Bertz CT molecular complexity index is 462. The molecule has 6 heteroatoms. The predicted octanol–water partition coefficient (Wildman–Crippen LogP) is 2.54. The van der Waals surface area contributed by atoms with Crippen molar-refractivity contribution in [2.75, 3.05) is 6.16 Å². The lowest BCUT2D eigenvalue weighted by molar-refractivity contribution is -0.141. The molecule has 0 saturated carbocycles. The first-order valence-electron chi connectivity index (χ1n) is 6.55. The maximum absolute atomic E-state index is 11.2. The van der Waals surface area contributed by atoms with Crippen molar-refractivity contribution >= 4 is 19.1 Å². The Morgan fingerprint density at radius 1 is 1.30 bits per heavy atom. The van der Waals surface area contributed by atoms with Crippen LogP contribution in [0.15, 0.2) is 30.3 Å². The van der Waals surface area contributed by atoms with Gasteiger partial charge in [0.05, 0.1) is 5.92 Å². The van der Waals surface area contributed by atoms with Crippen molar-refractivity contribution in [2.45, 2.75) is 26.2 Å². The van der Waals surface area contributed by atoms with Crippen LogP contribution in [-0.2, 0) is 11.2 Å². The van der Waals surface area contributed by atoms with Gasteiger partial charge in [-0.15, -0.1) is 0 Å². The van der Waals surface area contributed by atoms with Gasteiger partial charge in [0, 0.05) is 6.42 Å². The number of benzene rings is 1.